The summed E-state index contributed by atoms with van der Waals surface area (Å²) in [5, 5.41) is 10.1. The number of rotatable bonds is 9. The summed E-state index contributed by atoms with van der Waals surface area (Å²) in [4.78, 5) is 27.3. The van der Waals surface area contributed by atoms with Gasteiger partial charge in [0.1, 0.15) is 5.00 Å². The van der Waals surface area contributed by atoms with Crippen LogP contribution in [0.15, 0.2) is 6.07 Å². The number of anilines is 1. The second-order valence-electron chi connectivity index (χ2n) is 7.36. The molecular weight excluding hydrogens is 491 g/mol. The van der Waals surface area contributed by atoms with Gasteiger partial charge in [-0.15, -0.1) is 11.3 Å². The van der Waals surface area contributed by atoms with Crippen LogP contribution >= 0.6 is 23.6 Å². The van der Waals surface area contributed by atoms with Gasteiger partial charge in [0.05, 0.1) is 17.6 Å². The first-order valence-electron chi connectivity index (χ1n) is 10.6. The van der Waals surface area contributed by atoms with Gasteiger partial charge in [0.2, 0.25) is 0 Å². The standard InChI is InChI=1S/C21H28F3N5O3S2/c1-6-28(7-2)18(30)16-13(4)15(19(31)32-5)17(34-16)26-20(33)25-9-8-10-29-12(3)11-14(27-29)21(22,23)24/h11H,6-10H2,1-5H3,(H2,25,26,33). The highest BCUT2D eigenvalue weighted by atomic mass is 32.1. The van der Waals surface area contributed by atoms with Gasteiger partial charge in [-0.3, -0.25) is 9.48 Å². The minimum absolute atomic E-state index is 0.183. The van der Waals surface area contributed by atoms with Crippen LogP contribution in [0.5, 0.6) is 0 Å². The average molecular weight is 520 g/mol. The number of nitrogens with zero attached hydrogens (tertiary/aromatic N) is 3. The number of carbonyl (C=O) groups excluding carboxylic acids is 2. The SMILES string of the molecule is CCN(CC)C(=O)c1sc(NC(=S)NCCCn2nc(C(F)(F)F)cc2C)c(C(=O)OC)c1C. The quantitative estimate of drug-likeness (QED) is 0.291. The topological polar surface area (TPSA) is 88.5 Å². The monoisotopic (exact) mass is 519 g/mol. The molecule has 0 aliphatic heterocycles. The van der Waals surface area contributed by atoms with E-state index < -0.39 is 17.8 Å². The molecule has 0 aliphatic rings. The first-order valence-corrected chi connectivity index (χ1v) is 11.8. The Morgan fingerprint density at radius 2 is 1.91 bits per heavy atom. The second kappa shape index (κ2) is 11.6. The van der Waals surface area contributed by atoms with Crippen molar-refractivity contribution in [1.29, 1.82) is 0 Å². The van der Waals surface area contributed by atoms with Gasteiger partial charge in [-0.2, -0.15) is 18.3 Å². The molecule has 2 heterocycles. The highest BCUT2D eigenvalue weighted by Crippen LogP contribution is 2.34. The van der Waals surface area contributed by atoms with Crippen LogP contribution < -0.4 is 10.6 Å². The number of hydrogen-bond donors (Lipinski definition) is 2. The van der Waals surface area contributed by atoms with E-state index in [4.69, 9.17) is 17.0 Å². The molecule has 2 N–H and O–H groups in total. The summed E-state index contributed by atoms with van der Waals surface area (Å²) >= 11 is 6.43. The number of carbonyl (C=O) groups is 2. The fourth-order valence-electron chi connectivity index (χ4n) is 3.26. The molecule has 0 fully saturated rings. The molecule has 34 heavy (non-hydrogen) atoms. The van der Waals surface area contributed by atoms with Gasteiger partial charge in [0.25, 0.3) is 5.91 Å². The van der Waals surface area contributed by atoms with Crippen molar-refractivity contribution in [3.05, 3.63) is 33.5 Å². The number of aromatic nitrogens is 2. The van der Waals surface area contributed by atoms with Crippen LogP contribution in [-0.4, -0.2) is 58.4 Å². The minimum Gasteiger partial charge on any atom is -0.465 e. The lowest BCUT2D eigenvalue weighted by Crippen LogP contribution is -2.30. The van der Waals surface area contributed by atoms with Crippen LogP contribution in [0.4, 0.5) is 18.2 Å². The second-order valence-corrected chi connectivity index (χ2v) is 8.78. The maximum Gasteiger partial charge on any atom is 0.435 e. The summed E-state index contributed by atoms with van der Waals surface area (Å²) in [6, 6.07) is 1.00. The Kier molecular flexibility index (Phi) is 9.45. The van der Waals surface area contributed by atoms with E-state index >= 15 is 0 Å². The number of aryl methyl sites for hydroxylation is 2. The number of halogens is 3. The van der Waals surface area contributed by atoms with Crippen molar-refractivity contribution in [2.45, 2.75) is 46.8 Å². The van der Waals surface area contributed by atoms with Gasteiger partial charge >= 0.3 is 12.1 Å². The highest BCUT2D eigenvalue weighted by molar-refractivity contribution is 7.80. The summed E-state index contributed by atoms with van der Waals surface area (Å²) in [5.74, 6) is -0.773. The predicted molar refractivity (Wildman–Crippen MR) is 128 cm³/mol. The number of ether oxygens (including phenoxy) is 1. The molecule has 0 aromatic carbocycles. The third kappa shape index (κ3) is 6.47. The van der Waals surface area contributed by atoms with Gasteiger partial charge in [-0.25, -0.2) is 4.79 Å². The van der Waals surface area contributed by atoms with Crippen LogP contribution in [-0.2, 0) is 17.5 Å². The van der Waals surface area contributed by atoms with Crippen molar-refractivity contribution in [3.8, 4) is 0 Å². The van der Waals surface area contributed by atoms with Crippen molar-refractivity contribution in [2.75, 3.05) is 32.1 Å². The molecule has 0 spiro atoms. The number of alkyl halides is 3. The molecule has 0 saturated carbocycles. The van der Waals surface area contributed by atoms with E-state index in [0.29, 0.717) is 47.2 Å². The molecule has 8 nitrogen and oxygen atoms in total. The van der Waals surface area contributed by atoms with Crippen LogP contribution in [0.2, 0.25) is 0 Å². The molecular formula is C21H28F3N5O3S2. The summed E-state index contributed by atoms with van der Waals surface area (Å²) in [6.45, 7) is 8.68. The number of hydrogen-bond acceptors (Lipinski definition) is 6. The van der Waals surface area contributed by atoms with Crippen molar-refractivity contribution in [2.24, 2.45) is 0 Å². The van der Waals surface area contributed by atoms with Gasteiger partial charge in [0.15, 0.2) is 10.8 Å². The Morgan fingerprint density at radius 1 is 1.26 bits per heavy atom. The molecule has 13 heteroatoms. The maximum atomic E-state index is 12.9. The highest BCUT2D eigenvalue weighted by Gasteiger charge is 2.34. The molecule has 0 atom stereocenters. The normalized spacial score (nSPS) is 11.3. The van der Waals surface area contributed by atoms with E-state index in [2.05, 4.69) is 15.7 Å². The van der Waals surface area contributed by atoms with Crippen LogP contribution in [0.3, 0.4) is 0 Å². The van der Waals surface area contributed by atoms with Gasteiger partial charge in [-0.05, 0) is 58.0 Å². The Balaban J connectivity index is 2.05. The molecule has 0 bridgehead atoms. The Bertz CT molecular complexity index is 1050. The molecule has 2 aromatic heterocycles. The average Bonchev–Trinajstić information content (AvgIpc) is 3.31. The number of thiophene rings is 1. The first-order chi connectivity index (χ1) is 15.9. The molecule has 0 aliphatic carbocycles. The first kappa shape index (κ1) is 27.6. The number of esters is 1. The molecule has 188 valence electrons. The molecule has 1 amide bonds. The summed E-state index contributed by atoms with van der Waals surface area (Å²) in [7, 11) is 1.26. The zero-order valence-electron chi connectivity index (χ0n) is 19.6. The molecule has 2 rings (SSSR count). The van der Waals surface area contributed by atoms with Gasteiger partial charge < -0.3 is 20.3 Å². The molecule has 0 radical (unpaired) electrons. The van der Waals surface area contributed by atoms with E-state index in [-0.39, 0.29) is 23.1 Å². The van der Waals surface area contributed by atoms with Crippen molar-refractivity contribution in [3.63, 3.8) is 0 Å². The third-order valence-electron chi connectivity index (χ3n) is 5.11. The maximum absolute atomic E-state index is 12.9. The lowest BCUT2D eigenvalue weighted by atomic mass is 10.1. The number of thiocarbonyl (C=S) groups is 1. The predicted octanol–water partition coefficient (Wildman–Crippen LogP) is 4.23. The Morgan fingerprint density at radius 3 is 2.44 bits per heavy atom. The van der Waals surface area contributed by atoms with Crippen LogP contribution in [0, 0.1) is 13.8 Å². The van der Waals surface area contributed by atoms with E-state index in [1.54, 1.807) is 18.7 Å². The van der Waals surface area contributed by atoms with E-state index in [1.807, 2.05) is 13.8 Å². The summed E-state index contributed by atoms with van der Waals surface area (Å²) in [5.41, 5.74) is 0.233. The van der Waals surface area contributed by atoms with Gasteiger partial charge in [-0.1, -0.05) is 0 Å². The summed E-state index contributed by atoms with van der Waals surface area (Å²) < 4.78 is 44.6. The zero-order valence-corrected chi connectivity index (χ0v) is 21.3. The summed E-state index contributed by atoms with van der Waals surface area (Å²) in [6.07, 6.45) is -4.03. The third-order valence-corrected chi connectivity index (χ3v) is 6.55. The van der Waals surface area contributed by atoms with E-state index in [0.717, 1.165) is 17.4 Å². The smallest absolute Gasteiger partial charge is 0.435 e. The molecule has 0 saturated heterocycles. The minimum atomic E-state index is -4.48. The van der Waals surface area contributed by atoms with E-state index in [9.17, 15) is 22.8 Å². The van der Waals surface area contributed by atoms with Crippen molar-refractivity contribution in [1.82, 2.24) is 20.0 Å². The zero-order chi connectivity index (χ0) is 25.6. The van der Waals surface area contributed by atoms with Crippen molar-refractivity contribution >= 4 is 45.5 Å². The van der Waals surface area contributed by atoms with Crippen molar-refractivity contribution < 1.29 is 27.5 Å². The number of amides is 1. The van der Waals surface area contributed by atoms with Gasteiger partial charge in [0, 0.05) is 31.9 Å². The fraction of sp³-hybridized carbons (Fsp3) is 0.524. The van der Waals surface area contributed by atoms with Crippen LogP contribution in [0.1, 0.15) is 57.2 Å². The molecule has 2 aromatic rings. The Labute approximate surface area is 205 Å². The lowest BCUT2D eigenvalue weighted by Gasteiger charge is -2.17. The van der Waals surface area contributed by atoms with E-state index in [1.165, 1.54) is 11.8 Å². The Hall–Kier alpha value is -2.67. The lowest BCUT2D eigenvalue weighted by molar-refractivity contribution is -0.141. The largest absolute Gasteiger partial charge is 0.465 e. The number of methoxy groups -OCH3 is 1. The fourth-order valence-corrected chi connectivity index (χ4v) is 4.70. The van der Waals surface area contributed by atoms with Crippen LogP contribution in [0.25, 0.3) is 0 Å². The number of nitrogens with one attached hydrogen (secondary N) is 2. The molecule has 0 unspecified atom stereocenters.